The minimum atomic E-state index is -1.26. The smallest absolute Gasteiger partial charge is 0.329 e. The Kier molecular flexibility index (Phi) is 3.46. The van der Waals surface area contributed by atoms with Crippen LogP contribution in [-0.2, 0) is 11.2 Å². The van der Waals surface area contributed by atoms with Crippen LogP contribution in [0.4, 0.5) is 6.01 Å². The number of nitrogens with zero attached hydrogens (tertiary/aromatic N) is 1. The van der Waals surface area contributed by atoms with Crippen LogP contribution in [0, 0.1) is 0 Å². The topological polar surface area (TPSA) is 91.2 Å². The SMILES string of the molecule is C[C@@](Cc1c[nH]c2ccccc12)(Nc1nc2ccccc2o1)C(=O)O. The molecule has 0 unspecified atom stereocenters. The van der Waals surface area contributed by atoms with Crippen molar-refractivity contribution >= 4 is 34.0 Å². The number of nitrogens with one attached hydrogen (secondary N) is 2. The number of H-pyrrole nitrogens is 1. The zero-order valence-electron chi connectivity index (χ0n) is 13.6. The molecule has 25 heavy (non-hydrogen) atoms. The first kappa shape index (κ1) is 15.3. The highest BCUT2D eigenvalue weighted by Crippen LogP contribution is 2.27. The monoisotopic (exact) mass is 335 g/mol. The first-order valence-corrected chi connectivity index (χ1v) is 7.97. The lowest BCUT2D eigenvalue weighted by molar-refractivity contribution is -0.141. The number of aromatic amines is 1. The lowest BCUT2D eigenvalue weighted by Crippen LogP contribution is -2.45. The van der Waals surface area contributed by atoms with Crippen LogP contribution < -0.4 is 5.32 Å². The second-order valence-electron chi connectivity index (χ2n) is 6.29. The van der Waals surface area contributed by atoms with Crippen LogP contribution >= 0.6 is 0 Å². The van der Waals surface area contributed by atoms with Gasteiger partial charge in [0, 0.05) is 23.5 Å². The average molecular weight is 335 g/mol. The van der Waals surface area contributed by atoms with Crippen molar-refractivity contribution in [2.45, 2.75) is 18.9 Å². The number of hydrogen-bond acceptors (Lipinski definition) is 4. The molecule has 0 fully saturated rings. The standard InChI is InChI=1S/C19H17N3O3/c1-19(17(23)24,10-12-11-20-14-7-3-2-6-13(12)14)22-18-21-15-8-4-5-9-16(15)25-18/h2-9,11,20H,10H2,1H3,(H,21,22)(H,23,24)/t19-/m0/s1. The maximum Gasteiger partial charge on any atom is 0.329 e. The number of aromatic nitrogens is 2. The second-order valence-corrected chi connectivity index (χ2v) is 6.29. The van der Waals surface area contributed by atoms with E-state index < -0.39 is 11.5 Å². The van der Waals surface area contributed by atoms with Gasteiger partial charge in [-0.05, 0) is 30.7 Å². The number of oxazole rings is 1. The van der Waals surface area contributed by atoms with Crippen LogP contribution in [0.2, 0.25) is 0 Å². The fourth-order valence-electron chi connectivity index (χ4n) is 2.99. The maximum atomic E-state index is 12.0. The third-order valence-corrected chi connectivity index (χ3v) is 4.37. The average Bonchev–Trinajstić information content (AvgIpc) is 3.18. The van der Waals surface area contributed by atoms with Crippen LogP contribution in [-0.4, -0.2) is 26.6 Å². The molecule has 6 nitrogen and oxygen atoms in total. The molecule has 3 N–H and O–H groups in total. The normalized spacial score (nSPS) is 13.8. The van der Waals surface area contributed by atoms with Gasteiger partial charge in [0.2, 0.25) is 0 Å². The van der Waals surface area contributed by atoms with Crippen molar-refractivity contribution in [2.24, 2.45) is 0 Å². The van der Waals surface area contributed by atoms with Crippen LogP contribution in [0.25, 0.3) is 22.0 Å². The highest BCUT2D eigenvalue weighted by atomic mass is 16.4. The molecular formula is C19H17N3O3. The third kappa shape index (κ3) is 2.71. The number of aliphatic carboxylic acids is 1. The number of rotatable bonds is 5. The Labute approximate surface area is 143 Å². The maximum absolute atomic E-state index is 12.0. The first-order valence-electron chi connectivity index (χ1n) is 7.97. The summed E-state index contributed by atoms with van der Waals surface area (Å²) in [6.45, 7) is 1.63. The highest BCUT2D eigenvalue weighted by molar-refractivity contribution is 5.87. The molecule has 0 amide bonds. The van der Waals surface area contributed by atoms with Gasteiger partial charge in [-0.25, -0.2) is 4.79 Å². The molecule has 0 radical (unpaired) electrons. The lowest BCUT2D eigenvalue weighted by atomic mass is 9.93. The largest absolute Gasteiger partial charge is 0.480 e. The van der Waals surface area contributed by atoms with E-state index in [1.54, 1.807) is 13.0 Å². The molecule has 0 aliphatic carbocycles. The summed E-state index contributed by atoms with van der Waals surface area (Å²) in [4.78, 5) is 19.5. The summed E-state index contributed by atoms with van der Waals surface area (Å²) in [5, 5.41) is 13.8. The number of anilines is 1. The van der Waals surface area contributed by atoms with E-state index >= 15 is 0 Å². The fraction of sp³-hybridized carbons (Fsp3) is 0.158. The van der Waals surface area contributed by atoms with E-state index in [0.29, 0.717) is 11.1 Å². The molecule has 2 aromatic carbocycles. The summed E-state index contributed by atoms with van der Waals surface area (Å²) >= 11 is 0. The van der Waals surface area contributed by atoms with Crippen molar-refractivity contribution in [1.29, 1.82) is 0 Å². The Morgan fingerprint density at radius 2 is 2.00 bits per heavy atom. The lowest BCUT2D eigenvalue weighted by Gasteiger charge is -2.25. The molecule has 0 spiro atoms. The van der Waals surface area contributed by atoms with Gasteiger partial charge < -0.3 is 19.8 Å². The molecule has 0 bridgehead atoms. The summed E-state index contributed by atoms with van der Waals surface area (Å²) in [6.07, 6.45) is 2.13. The molecule has 2 heterocycles. The van der Waals surface area contributed by atoms with E-state index in [4.69, 9.17) is 4.42 Å². The number of benzene rings is 2. The summed E-state index contributed by atoms with van der Waals surface area (Å²) < 4.78 is 5.63. The molecule has 0 saturated heterocycles. The molecule has 2 aromatic heterocycles. The Balaban J connectivity index is 1.68. The van der Waals surface area contributed by atoms with Crippen molar-refractivity contribution in [3.8, 4) is 0 Å². The van der Waals surface area contributed by atoms with Crippen LogP contribution in [0.15, 0.2) is 59.1 Å². The molecule has 1 atom stereocenters. The summed E-state index contributed by atoms with van der Waals surface area (Å²) in [6, 6.07) is 15.3. The minimum absolute atomic E-state index is 0.200. The molecule has 126 valence electrons. The zero-order chi connectivity index (χ0) is 17.4. The molecule has 4 aromatic rings. The van der Waals surface area contributed by atoms with Crippen molar-refractivity contribution in [3.05, 3.63) is 60.3 Å². The van der Waals surface area contributed by atoms with Crippen molar-refractivity contribution in [1.82, 2.24) is 9.97 Å². The quantitative estimate of drug-likeness (QED) is 0.516. The number of carboxylic acid groups (broad SMARTS) is 1. The van der Waals surface area contributed by atoms with Crippen molar-refractivity contribution in [2.75, 3.05) is 5.32 Å². The van der Waals surface area contributed by atoms with Gasteiger partial charge in [0.15, 0.2) is 5.58 Å². The number of fused-ring (bicyclic) bond motifs is 2. The molecule has 6 heteroatoms. The number of carboxylic acids is 1. The first-order chi connectivity index (χ1) is 12.0. The van der Waals surface area contributed by atoms with Gasteiger partial charge in [-0.2, -0.15) is 4.98 Å². The van der Waals surface area contributed by atoms with Gasteiger partial charge in [0.05, 0.1) is 0 Å². The summed E-state index contributed by atoms with van der Waals surface area (Å²) in [5.41, 5.74) is 1.94. The molecule has 4 rings (SSSR count). The molecular weight excluding hydrogens is 318 g/mol. The van der Waals surface area contributed by atoms with E-state index in [9.17, 15) is 9.90 Å². The van der Waals surface area contributed by atoms with Gasteiger partial charge in [-0.1, -0.05) is 30.3 Å². The van der Waals surface area contributed by atoms with E-state index in [1.165, 1.54) is 0 Å². The summed E-state index contributed by atoms with van der Waals surface area (Å²) in [7, 11) is 0. The number of para-hydroxylation sites is 3. The van der Waals surface area contributed by atoms with Gasteiger partial charge in [-0.15, -0.1) is 0 Å². The minimum Gasteiger partial charge on any atom is -0.480 e. The fourth-order valence-corrected chi connectivity index (χ4v) is 2.99. The van der Waals surface area contributed by atoms with Gasteiger partial charge in [-0.3, -0.25) is 0 Å². The molecule has 0 aliphatic rings. The molecule has 0 saturated carbocycles. The van der Waals surface area contributed by atoms with E-state index in [2.05, 4.69) is 15.3 Å². The van der Waals surface area contributed by atoms with Crippen LogP contribution in [0.5, 0.6) is 0 Å². The summed E-state index contributed by atoms with van der Waals surface area (Å²) in [5.74, 6) is -0.972. The van der Waals surface area contributed by atoms with E-state index in [1.807, 2.05) is 48.7 Å². The van der Waals surface area contributed by atoms with Crippen molar-refractivity contribution in [3.63, 3.8) is 0 Å². The van der Waals surface area contributed by atoms with Crippen LogP contribution in [0.3, 0.4) is 0 Å². The predicted octanol–water partition coefficient (Wildman–Crippen LogP) is 3.81. The van der Waals surface area contributed by atoms with Gasteiger partial charge in [0.1, 0.15) is 11.1 Å². The highest BCUT2D eigenvalue weighted by Gasteiger charge is 2.35. The Morgan fingerprint density at radius 1 is 1.24 bits per heavy atom. The number of hydrogen-bond donors (Lipinski definition) is 3. The van der Waals surface area contributed by atoms with Gasteiger partial charge >= 0.3 is 5.97 Å². The van der Waals surface area contributed by atoms with E-state index in [0.717, 1.165) is 16.5 Å². The molecule has 0 aliphatic heterocycles. The predicted molar refractivity (Wildman–Crippen MR) is 95.7 cm³/mol. The Morgan fingerprint density at radius 3 is 2.80 bits per heavy atom. The van der Waals surface area contributed by atoms with Gasteiger partial charge in [0.25, 0.3) is 6.01 Å². The zero-order valence-corrected chi connectivity index (χ0v) is 13.6. The van der Waals surface area contributed by atoms with E-state index in [-0.39, 0.29) is 12.4 Å². The second kappa shape index (κ2) is 5.66. The number of carbonyl (C=O) groups is 1. The Hall–Kier alpha value is -3.28. The Bertz CT molecular complexity index is 1030. The van der Waals surface area contributed by atoms with Crippen LogP contribution in [0.1, 0.15) is 12.5 Å². The van der Waals surface area contributed by atoms with Crippen molar-refractivity contribution < 1.29 is 14.3 Å². The third-order valence-electron chi connectivity index (χ3n) is 4.37.